The third-order valence-electron chi connectivity index (χ3n) is 4.92. The van der Waals surface area contributed by atoms with Crippen molar-refractivity contribution in [1.82, 2.24) is 15.0 Å². The molecular weight excluding hydrogens is 272 g/mol. The Bertz CT molecular complexity index is 621. The van der Waals surface area contributed by atoms with Crippen molar-refractivity contribution < 1.29 is 0 Å². The molecule has 1 saturated carbocycles. The molecule has 1 N–H and O–H groups in total. The first-order chi connectivity index (χ1) is 9.84. The highest BCUT2D eigenvalue weighted by Crippen LogP contribution is 2.40. The third-order valence-corrected chi connectivity index (χ3v) is 5.22. The van der Waals surface area contributed by atoms with Crippen LogP contribution in [-0.4, -0.2) is 27.5 Å². The number of rotatable bonds is 1. The van der Waals surface area contributed by atoms with Crippen molar-refractivity contribution in [2.45, 2.75) is 44.6 Å². The number of halogens is 1. The average molecular weight is 291 g/mol. The Labute approximate surface area is 123 Å². The van der Waals surface area contributed by atoms with E-state index in [1.807, 2.05) is 6.20 Å². The van der Waals surface area contributed by atoms with Gasteiger partial charge in [-0.05, 0) is 31.6 Å². The number of nitrogens with zero attached hydrogens (tertiary/aromatic N) is 3. The second-order valence-electron chi connectivity index (χ2n) is 6.01. The Balaban J connectivity index is 1.79. The molecule has 1 aliphatic heterocycles. The van der Waals surface area contributed by atoms with E-state index in [2.05, 4.69) is 19.9 Å². The van der Waals surface area contributed by atoms with Gasteiger partial charge in [0.25, 0.3) is 0 Å². The summed E-state index contributed by atoms with van der Waals surface area (Å²) in [5, 5.41) is 1.72. The van der Waals surface area contributed by atoms with Gasteiger partial charge in [-0.25, -0.2) is 9.97 Å². The number of piperidine rings is 1. The maximum atomic E-state index is 6.33. The van der Waals surface area contributed by atoms with Crippen LogP contribution in [0.3, 0.4) is 0 Å². The van der Waals surface area contributed by atoms with Gasteiger partial charge in [-0.3, -0.25) is 0 Å². The number of nitrogens with one attached hydrogen (secondary N) is 1. The molecule has 4 rings (SSSR count). The second-order valence-corrected chi connectivity index (χ2v) is 6.41. The molecule has 20 heavy (non-hydrogen) atoms. The number of aromatic amines is 1. The quantitative estimate of drug-likeness (QED) is 0.869. The van der Waals surface area contributed by atoms with Crippen LogP contribution in [0.4, 0.5) is 5.82 Å². The van der Waals surface area contributed by atoms with Gasteiger partial charge in [0.2, 0.25) is 0 Å². The first kappa shape index (κ1) is 12.5. The molecule has 1 saturated heterocycles. The first-order valence-electron chi connectivity index (χ1n) is 7.59. The van der Waals surface area contributed by atoms with Crippen molar-refractivity contribution in [3.63, 3.8) is 0 Å². The lowest BCUT2D eigenvalue weighted by molar-refractivity contribution is 0.243. The summed E-state index contributed by atoms with van der Waals surface area (Å²) in [5.74, 6) is 1.86. The minimum atomic E-state index is 0.640. The molecule has 0 spiro atoms. The van der Waals surface area contributed by atoms with E-state index in [-0.39, 0.29) is 0 Å². The lowest BCUT2D eigenvalue weighted by Gasteiger charge is -2.44. The lowest BCUT2D eigenvalue weighted by atomic mass is 9.78. The van der Waals surface area contributed by atoms with Crippen LogP contribution in [-0.2, 0) is 0 Å². The highest BCUT2D eigenvalue weighted by molar-refractivity contribution is 6.36. The highest BCUT2D eigenvalue weighted by atomic mass is 35.5. The normalized spacial score (nSPS) is 26.8. The first-order valence-corrected chi connectivity index (χ1v) is 7.96. The van der Waals surface area contributed by atoms with Crippen LogP contribution >= 0.6 is 11.6 Å². The van der Waals surface area contributed by atoms with Crippen molar-refractivity contribution in [1.29, 1.82) is 0 Å². The van der Waals surface area contributed by atoms with Gasteiger partial charge >= 0.3 is 0 Å². The van der Waals surface area contributed by atoms with Crippen molar-refractivity contribution in [2.75, 3.05) is 11.4 Å². The monoisotopic (exact) mass is 290 g/mol. The summed E-state index contributed by atoms with van der Waals surface area (Å²) in [4.78, 5) is 14.5. The molecule has 1 aliphatic carbocycles. The third kappa shape index (κ3) is 1.89. The highest BCUT2D eigenvalue weighted by Gasteiger charge is 2.34. The number of aromatic nitrogens is 3. The molecule has 0 radical (unpaired) electrons. The fraction of sp³-hybridized carbons (Fsp3) is 0.600. The SMILES string of the molecule is Clc1c[nH]c2ncnc(N3CCCC4CCCCC43)c12. The van der Waals surface area contributed by atoms with E-state index in [0.29, 0.717) is 6.04 Å². The van der Waals surface area contributed by atoms with Crippen LogP contribution in [0.1, 0.15) is 38.5 Å². The van der Waals surface area contributed by atoms with Crippen LogP contribution in [0.15, 0.2) is 12.5 Å². The largest absolute Gasteiger partial charge is 0.353 e. The fourth-order valence-electron chi connectivity index (χ4n) is 4.02. The van der Waals surface area contributed by atoms with E-state index in [4.69, 9.17) is 11.6 Å². The fourth-order valence-corrected chi connectivity index (χ4v) is 4.24. The molecule has 0 aromatic carbocycles. The second kappa shape index (κ2) is 4.92. The van der Waals surface area contributed by atoms with E-state index in [9.17, 15) is 0 Å². The summed E-state index contributed by atoms with van der Waals surface area (Å²) in [6.45, 7) is 1.09. The average Bonchev–Trinajstić information content (AvgIpc) is 2.88. The summed E-state index contributed by atoms with van der Waals surface area (Å²) in [5.41, 5.74) is 0.845. The van der Waals surface area contributed by atoms with Crippen LogP contribution in [0.2, 0.25) is 5.02 Å². The predicted molar refractivity (Wildman–Crippen MR) is 81.2 cm³/mol. The standard InChI is InChI=1S/C15H19ClN4/c16-11-8-17-14-13(11)15(19-9-18-14)20-7-3-5-10-4-1-2-6-12(10)20/h8-10,12H,1-7H2,(H,17,18,19). The molecule has 2 unspecified atom stereocenters. The van der Waals surface area contributed by atoms with Gasteiger partial charge in [-0.1, -0.05) is 24.4 Å². The molecule has 2 aliphatic rings. The molecular formula is C15H19ClN4. The maximum absolute atomic E-state index is 6.33. The molecule has 2 aromatic heterocycles. The van der Waals surface area contributed by atoms with E-state index in [1.165, 1.54) is 38.5 Å². The Morgan fingerprint density at radius 2 is 2.00 bits per heavy atom. The minimum Gasteiger partial charge on any atom is -0.353 e. The van der Waals surface area contributed by atoms with Gasteiger partial charge in [0.05, 0.1) is 10.4 Å². The van der Waals surface area contributed by atoms with Crippen LogP contribution in [0.5, 0.6) is 0 Å². The lowest BCUT2D eigenvalue weighted by Crippen LogP contribution is -2.47. The van der Waals surface area contributed by atoms with E-state index < -0.39 is 0 Å². The van der Waals surface area contributed by atoms with Crippen molar-refractivity contribution in [2.24, 2.45) is 5.92 Å². The van der Waals surface area contributed by atoms with Gasteiger partial charge in [0, 0.05) is 18.8 Å². The van der Waals surface area contributed by atoms with Gasteiger partial charge in [0.15, 0.2) is 0 Å². The topological polar surface area (TPSA) is 44.8 Å². The van der Waals surface area contributed by atoms with Crippen molar-refractivity contribution in [3.05, 3.63) is 17.5 Å². The number of hydrogen-bond acceptors (Lipinski definition) is 3. The molecule has 4 nitrogen and oxygen atoms in total. The van der Waals surface area contributed by atoms with Crippen molar-refractivity contribution >= 4 is 28.5 Å². The number of fused-ring (bicyclic) bond motifs is 2. The number of H-pyrrole nitrogens is 1. The van der Waals surface area contributed by atoms with Gasteiger partial charge < -0.3 is 9.88 Å². The Morgan fingerprint density at radius 3 is 2.95 bits per heavy atom. The molecule has 2 fully saturated rings. The summed E-state index contributed by atoms with van der Waals surface area (Å²) in [7, 11) is 0. The Hall–Kier alpha value is -1.29. The summed E-state index contributed by atoms with van der Waals surface area (Å²) >= 11 is 6.33. The van der Waals surface area contributed by atoms with Gasteiger partial charge in [-0.15, -0.1) is 0 Å². The smallest absolute Gasteiger partial charge is 0.144 e. The molecule has 0 bridgehead atoms. The molecule has 5 heteroatoms. The number of hydrogen-bond donors (Lipinski definition) is 1. The maximum Gasteiger partial charge on any atom is 0.144 e. The zero-order valence-corrected chi connectivity index (χ0v) is 12.2. The van der Waals surface area contributed by atoms with Crippen LogP contribution in [0.25, 0.3) is 11.0 Å². The summed E-state index contributed by atoms with van der Waals surface area (Å²) < 4.78 is 0. The summed E-state index contributed by atoms with van der Waals surface area (Å²) in [6.07, 6.45) is 11.5. The molecule has 0 amide bonds. The van der Waals surface area contributed by atoms with Crippen molar-refractivity contribution in [3.8, 4) is 0 Å². The van der Waals surface area contributed by atoms with Crippen LogP contribution in [0, 0.1) is 5.92 Å². The number of anilines is 1. The Morgan fingerprint density at radius 1 is 1.15 bits per heavy atom. The minimum absolute atomic E-state index is 0.640. The molecule has 2 aromatic rings. The summed E-state index contributed by atoms with van der Waals surface area (Å²) in [6, 6.07) is 0.640. The van der Waals surface area contributed by atoms with Gasteiger partial charge in [0.1, 0.15) is 17.8 Å². The zero-order chi connectivity index (χ0) is 13.5. The van der Waals surface area contributed by atoms with Crippen LogP contribution < -0.4 is 4.90 Å². The Kier molecular flexibility index (Phi) is 3.06. The van der Waals surface area contributed by atoms with Gasteiger partial charge in [-0.2, -0.15) is 0 Å². The van der Waals surface area contributed by atoms with E-state index >= 15 is 0 Å². The predicted octanol–water partition coefficient (Wildman–Crippen LogP) is 3.77. The molecule has 3 heterocycles. The zero-order valence-electron chi connectivity index (χ0n) is 11.5. The van der Waals surface area contributed by atoms with E-state index in [1.54, 1.807) is 6.33 Å². The molecule has 106 valence electrons. The molecule has 2 atom stereocenters. The van der Waals surface area contributed by atoms with E-state index in [0.717, 1.165) is 34.3 Å².